The molecule has 2 aromatic carbocycles. The molecular weight excluding hydrogens is 318 g/mol. The van der Waals surface area contributed by atoms with Gasteiger partial charge < -0.3 is 20.5 Å². The lowest BCUT2D eigenvalue weighted by atomic mass is 10.2. The van der Waals surface area contributed by atoms with E-state index in [9.17, 15) is 4.79 Å². The molecule has 0 atom stereocenters. The van der Waals surface area contributed by atoms with Gasteiger partial charge in [-0.25, -0.2) is 0 Å². The highest BCUT2D eigenvalue weighted by molar-refractivity contribution is 5.90. The lowest BCUT2D eigenvalue weighted by Gasteiger charge is -2.10. The van der Waals surface area contributed by atoms with Gasteiger partial charge in [0.1, 0.15) is 23.3 Å². The fourth-order valence-electron chi connectivity index (χ4n) is 2.16. The number of nitrogens with two attached hydrogens (primary N) is 1. The van der Waals surface area contributed by atoms with Gasteiger partial charge in [0.05, 0.1) is 12.2 Å². The second-order valence-corrected chi connectivity index (χ2v) is 5.27. The van der Waals surface area contributed by atoms with Crippen LogP contribution in [-0.4, -0.2) is 19.1 Å². The Morgan fingerprint density at radius 3 is 2.56 bits per heavy atom. The molecule has 0 aliphatic rings. The molecule has 0 heterocycles. The Bertz CT molecular complexity index is 751. The number of benzene rings is 2. The molecule has 2 aromatic rings. The lowest BCUT2D eigenvalue weighted by molar-refractivity contribution is -0.116. The Balaban J connectivity index is 2.02. The highest BCUT2D eigenvalue weighted by atomic mass is 16.5. The first kappa shape index (κ1) is 18.3. The van der Waals surface area contributed by atoms with Gasteiger partial charge in [-0.1, -0.05) is 0 Å². The highest BCUT2D eigenvalue weighted by Crippen LogP contribution is 2.29. The smallest absolute Gasteiger partial charge is 0.224 e. The van der Waals surface area contributed by atoms with E-state index in [1.54, 1.807) is 42.5 Å². The van der Waals surface area contributed by atoms with E-state index in [1.165, 1.54) is 0 Å². The molecule has 0 bridgehead atoms. The van der Waals surface area contributed by atoms with Crippen molar-refractivity contribution < 1.29 is 14.3 Å². The number of nitrogens with zero attached hydrogens (tertiary/aromatic N) is 1. The minimum absolute atomic E-state index is 0.0624. The van der Waals surface area contributed by atoms with Crippen molar-refractivity contribution in [2.75, 3.05) is 18.5 Å². The maximum absolute atomic E-state index is 11.7. The van der Waals surface area contributed by atoms with E-state index in [0.717, 1.165) is 0 Å². The third-order valence-electron chi connectivity index (χ3n) is 3.36. The first-order valence-corrected chi connectivity index (χ1v) is 8.11. The van der Waals surface area contributed by atoms with Crippen LogP contribution in [0.3, 0.4) is 0 Å². The number of hydrogen-bond donors (Lipinski definition) is 2. The molecule has 0 aliphatic carbocycles. The number of carbonyl (C=O) groups is 1. The molecule has 1 amide bonds. The average Bonchev–Trinajstić information content (AvgIpc) is 2.62. The van der Waals surface area contributed by atoms with Gasteiger partial charge in [0.25, 0.3) is 0 Å². The van der Waals surface area contributed by atoms with Crippen LogP contribution in [0.2, 0.25) is 0 Å². The summed E-state index contributed by atoms with van der Waals surface area (Å²) in [5, 5.41) is 11.9. The van der Waals surface area contributed by atoms with Crippen LogP contribution in [0, 0.1) is 11.3 Å². The van der Waals surface area contributed by atoms with Gasteiger partial charge in [-0.2, -0.15) is 5.26 Å². The molecule has 0 aliphatic heterocycles. The van der Waals surface area contributed by atoms with E-state index in [0.29, 0.717) is 54.5 Å². The predicted molar refractivity (Wildman–Crippen MR) is 95.8 cm³/mol. The van der Waals surface area contributed by atoms with Crippen LogP contribution in [0.1, 0.15) is 25.3 Å². The third-order valence-corrected chi connectivity index (χ3v) is 3.36. The molecule has 0 saturated heterocycles. The van der Waals surface area contributed by atoms with E-state index in [1.807, 2.05) is 6.92 Å². The van der Waals surface area contributed by atoms with Crippen molar-refractivity contribution in [1.82, 2.24) is 0 Å². The minimum Gasteiger partial charge on any atom is -0.492 e. The zero-order chi connectivity index (χ0) is 18.1. The minimum atomic E-state index is -0.0624. The Hall–Kier alpha value is -3.04. The molecule has 2 rings (SSSR count). The average molecular weight is 339 g/mol. The maximum Gasteiger partial charge on any atom is 0.224 e. The van der Waals surface area contributed by atoms with Crippen LogP contribution in [0.5, 0.6) is 17.2 Å². The van der Waals surface area contributed by atoms with Crippen LogP contribution >= 0.6 is 0 Å². The standard InChI is InChI=1S/C19H21N3O3/c1-2-24-18-12-17(8-5-14(18)13-21)25-16-9-6-15(7-10-16)22-19(23)4-3-11-20/h5-10,12H,2-4,11,20H2,1H3,(H,22,23). The summed E-state index contributed by atoms with van der Waals surface area (Å²) in [4.78, 5) is 11.7. The summed E-state index contributed by atoms with van der Waals surface area (Å²) in [6.07, 6.45) is 1.06. The van der Waals surface area contributed by atoms with Gasteiger partial charge in [0.2, 0.25) is 5.91 Å². The number of nitrogens with one attached hydrogen (secondary N) is 1. The molecule has 25 heavy (non-hydrogen) atoms. The number of hydrogen-bond acceptors (Lipinski definition) is 5. The molecule has 0 aromatic heterocycles. The molecular formula is C19H21N3O3. The number of nitriles is 1. The van der Waals surface area contributed by atoms with Crippen LogP contribution in [0.15, 0.2) is 42.5 Å². The van der Waals surface area contributed by atoms with Crippen molar-refractivity contribution in [3.63, 3.8) is 0 Å². The largest absolute Gasteiger partial charge is 0.492 e. The second-order valence-electron chi connectivity index (χ2n) is 5.27. The van der Waals surface area contributed by atoms with E-state index in [-0.39, 0.29) is 5.91 Å². The summed E-state index contributed by atoms with van der Waals surface area (Å²) in [5.41, 5.74) is 6.55. The van der Waals surface area contributed by atoms with Gasteiger partial charge >= 0.3 is 0 Å². The molecule has 0 spiro atoms. The van der Waals surface area contributed by atoms with Crippen molar-refractivity contribution >= 4 is 11.6 Å². The molecule has 0 saturated carbocycles. The predicted octanol–water partition coefficient (Wildman–Crippen LogP) is 3.43. The highest BCUT2D eigenvalue weighted by Gasteiger charge is 2.07. The van der Waals surface area contributed by atoms with Crippen LogP contribution in [0.4, 0.5) is 5.69 Å². The SMILES string of the molecule is CCOc1cc(Oc2ccc(NC(=O)CCCN)cc2)ccc1C#N. The number of ether oxygens (including phenoxy) is 2. The lowest BCUT2D eigenvalue weighted by Crippen LogP contribution is -2.13. The maximum atomic E-state index is 11.7. The van der Waals surface area contributed by atoms with Crippen LogP contribution in [0.25, 0.3) is 0 Å². The van der Waals surface area contributed by atoms with E-state index >= 15 is 0 Å². The summed E-state index contributed by atoms with van der Waals surface area (Å²) in [7, 11) is 0. The molecule has 0 fully saturated rings. The van der Waals surface area contributed by atoms with Crippen molar-refractivity contribution in [1.29, 1.82) is 5.26 Å². The summed E-state index contributed by atoms with van der Waals surface area (Å²) in [5.74, 6) is 1.62. The van der Waals surface area contributed by atoms with Crippen molar-refractivity contribution in [3.8, 4) is 23.3 Å². The molecule has 6 nitrogen and oxygen atoms in total. The number of anilines is 1. The van der Waals surface area contributed by atoms with E-state index in [4.69, 9.17) is 20.5 Å². The molecule has 0 unspecified atom stereocenters. The van der Waals surface area contributed by atoms with Crippen molar-refractivity contribution in [3.05, 3.63) is 48.0 Å². The number of rotatable bonds is 8. The molecule has 0 radical (unpaired) electrons. The monoisotopic (exact) mass is 339 g/mol. The quantitative estimate of drug-likeness (QED) is 0.768. The Morgan fingerprint density at radius 2 is 1.92 bits per heavy atom. The zero-order valence-corrected chi connectivity index (χ0v) is 14.1. The first-order chi connectivity index (χ1) is 12.2. The summed E-state index contributed by atoms with van der Waals surface area (Å²) < 4.78 is 11.2. The zero-order valence-electron chi connectivity index (χ0n) is 14.1. The first-order valence-electron chi connectivity index (χ1n) is 8.11. The van der Waals surface area contributed by atoms with Crippen LogP contribution < -0.4 is 20.5 Å². The fourth-order valence-corrected chi connectivity index (χ4v) is 2.16. The fraction of sp³-hybridized carbons (Fsp3) is 0.263. The number of amides is 1. The van der Waals surface area contributed by atoms with Gasteiger partial charge in [-0.05, 0) is 56.3 Å². The number of carbonyl (C=O) groups excluding carboxylic acids is 1. The Kier molecular flexibility index (Phi) is 6.81. The molecule has 6 heteroatoms. The summed E-state index contributed by atoms with van der Waals surface area (Å²) in [6, 6.07) is 14.2. The normalized spacial score (nSPS) is 9.96. The third kappa shape index (κ3) is 5.52. The van der Waals surface area contributed by atoms with E-state index < -0.39 is 0 Å². The van der Waals surface area contributed by atoms with Crippen molar-refractivity contribution in [2.24, 2.45) is 5.73 Å². The van der Waals surface area contributed by atoms with Gasteiger partial charge in [-0.3, -0.25) is 4.79 Å². The van der Waals surface area contributed by atoms with Crippen LogP contribution in [-0.2, 0) is 4.79 Å². The Labute approximate surface area is 147 Å². The van der Waals surface area contributed by atoms with Gasteiger partial charge in [0, 0.05) is 18.2 Å². The molecule has 3 N–H and O–H groups in total. The molecule has 130 valence electrons. The summed E-state index contributed by atoms with van der Waals surface area (Å²) in [6.45, 7) is 2.82. The van der Waals surface area contributed by atoms with E-state index in [2.05, 4.69) is 11.4 Å². The van der Waals surface area contributed by atoms with Gasteiger partial charge in [0.15, 0.2) is 0 Å². The summed E-state index contributed by atoms with van der Waals surface area (Å²) >= 11 is 0. The Morgan fingerprint density at radius 1 is 1.20 bits per heavy atom. The van der Waals surface area contributed by atoms with Crippen molar-refractivity contribution in [2.45, 2.75) is 19.8 Å². The van der Waals surface area contributed by atoms with Gasteiger partial charge in [-0.15, -0.1) is 0 Å². The topological polar surface area (TPSA) is 97.4 Å². The second kappa shape index (κ2) is 9.30.